The van der Waals surface area contributed by atoms with Gasteiger partial charge in [0.15, 0.2) is 0 Å². The Balaban J connectivity index is 1.33. The fourth-order valence-electron chi connectivity index (χ4n) is 2.67. The first-order chi connectivity index (χ1) is 13.6. The van der Waals surface area contributed by atoms with Crippen molar-refractivity contribution >= 4 is 40.2 Å². The number of halogens is 1. The fourth-order valence-corrected chi connectivity index (χ4v) is 3.37. The summed E-state index contributed by atoms with van der Waals surface area (Å²) in [4.78, 5) is 12.3. The number of benzene rings is 2. The normalized spacial score (nSPS) is 12.2. The van der Waals surface area contributed by atoms with E-state index in [0.717, 1.165) is 16.5 Å². The van der Waals surface area contributed by atoms with Crippen molar-refractivity contribution < 1.29 is 13.6 Å². The topological polar surface area (TPSA) is 81.2 Å². The van der Waals surface area contributed by atoms with Crippen LogP contribution in [-0.4, -0.2) is 21.9 Å². The first-order valence-electron chi connectivity index (χ1n) is 8.58. The van der Waals surface area contributed by atoms with Gasteiger partial charge in [0.05, 0.1) is 11.8 Å². The molecule has 0 aliphatic carbocycles. The molecule has 0 bridgehead atoms. The van der Waals surface area contributed by atoms with E-state index >= 15 is 0 Å². The summed E-state index contributed by atoms with van der Waals surface area (Å²) < 4.78 is 11.4. The molecule has 1 atom stereocenters. The molecule has 142 valence electrons. The molecule has 2 heterocycles. The zero-order valence-electron chi connectivity index (χ0n) is 14.9. The van der Waals surface area contributed by atoms with Gasteiger partial charge in [-0.25, -0.2) is 0 Å². The maximum Gasteiger partial charge on any atom is 0.277 e. The lowest BCUT2D eigenvalue weighted by molar-refractivity contribution is -0.119. The third kappa shape index (κ3) is 4.21. The molecule has 6 nitrogen and oxygen atoms in total. The molecule has 1 amide bonds. The minimum atomic E-state index is -0.243. The average molecular weight is 414 g/mol. The third-order valence-electron chi connectivity index (χ3n) is 4.07. The molecule has 8 heteroatoms. The van der Waals surface area contributed by atoms with Gasteiger partial charge in [0.1, 0.15) is 11.3 Å². The number of hydrogen-bond donors (Lipinski definition) is 1. The van der Waals surface area contributed by atoms with Gasteiger partial charge in [-0.2, -0.15) is 0 Å². The molecule has 28 heavy (non-hydrogen) atoms. The van der Waals surface area contributed by atoms with Crippen LogP contribution in [0.15, 0.2) is 68.7 Å². The summed E-state index contributed by atoms with van der Waals surface area (Å²) in [5.74, 6) is 1.11. The molecule has 0 saturated carbocycles. The summed E-state index contributed by atoms with van der Waals surface area (Å²) in [6.45, 7) is 1.88. The van der Waals surface area contributed by atoms with Crippen molar-refractivity contribution in [3.05, 3.63) is 65.4 Å². The molecule has 0 aliphatic heterocycles. The van der Waals surface area contributed by atoms with Crippen LogP contribution < -0.4 is 5.32 Å². The van der Waals surface area contributed by atoms with E-state index in [2.05, 4.69) is 15.5 Å². The molecule has 2 aromatic carbocycles. The predicted octanol–water partition coefficient (Wildman–Crippen LogP) is 5.11. The Bertz CT molecular complexity index is 1070. The van der Waals surface area contributed by atoms with Gasteiger partial charge in [0, 0.05) is 16.0 Å². The Morgan fingerprint density at radius 3 is 2.71 bits per heavy atom. The van der Waals surface area contributed by atoms with Gasteiger partial charge in [-0.15, -0.1) is 10.2 Å². The van der Waals surface area contributed by atoms with E-state index in [9.17, 15) is 4.79 Å². The van der Waals surface area contributed by atoms with E-state index < -0.39 is 0 Å². The molecule has 0 unspecified atom stereocenters. The lowest BCUT2D eigenvalue weighted by Crippen LogP contribution is -2.27. The first kappa shape index (κ1) is 18.6. The largest absolute Gasteiger partial charge is 0.459 e. The van der Waals surface area contributed by atoms with Gasteiger partial charge < -0.3 is 14.2 Å². The number of carbonyl (C=O) groups is 1. The van der Waals surface area contributed by atoms with E-state index in [0.29, 0.717) is 21.9 Å². The second kappa shape index (κ2) is 8.08. The second-order valence-corrected chi connectivity index (χ2v) is 7.51. The Morgan fingerprint density at radius 2 is 1.93 bits per heavy atom. The first-order valence-corrected chi connectivity index (χ1v) is 9.95. The minimum absolute atomic E-state index is 0.149. The van der Waals surface area contributed by atoms with Crippen LogP contribution in [0.5, 0.6) is 0 Å². The van der Waals surface area contributed by atoms with Crippen molar-refractivity contribution in [2.75, 3.05) is 5.75 Å². The van der Waals surface area contributed by atoms with Crippen LogP contribution in [0.2, 0.25) is 5.02 Å². The lowest BCUT2D eigenvalue weighted by atomic mass is 10.2. The van der Waals surface area contributed by atoms with Crippen LogP contribution in [-0.2, 0) is 4.79 Å². The maximum atomic E-state index is 12.3. The van der Waals surface area contributed by atoms with Gasteiger partial charge in [-0.3, -0.25) is 4.79 Å². The maximum absolute atomic E-state index is 12.3. The molecule has 1 N–H and O–H groups in total. The minimum Gasteiger partial charge on any atom is -0.459 e. The molecule has 0 spiro atoms. The Morgan fingerprint density at radius 1 is 1.14 bits per heavy atom. The summed E-state index contributed by atoms with van der Waals surface area (Å²) in [5.41, 5.74) is 1.57. The van der Waals surface area contributed by atoms with Crippen molar-refractivity contribution in [2.24, 2.45) is 0 Å². The number of amides is 1. The number of carbonyl (C=O) groups excluding carboxylic acids is 1. The van der Waals surface area contributed by atoms with Crippen LogP contribution in [0, 0.1) is 0 Å². The van der Waals surface area contributed by atoms with E-state index in [1.165, 1.54) is 11.8 Å². The van der Waals surface area contributed by atoms with Crippen molar-refractivity contribution in [2.45, 2.75) is 18.2 Å². The molecule has 0 saturated heterocycles. The number of fused-ring (bicyclic) bond motifs is 1. The van der Waals surface area contributed by atoms with Crippen LogP contribution in [0.1, 0.15) is 18.7 Å². The molecular weight excluding hydrogens is 398 g/mol. The predicted molar refractivity (Wildman–Crippen MR) is 108 cm³/mol. The van der Waals surface area contributed by atoms with Crippen LogP contribution in [0.3, 0.4) is 0 Å². The highest BCUT2D eigenvalue weighted by Gasteiger charge is 2.16. The standard InChI is InChI=1S/C20H16ClN3O3S/c1-12(17-10-14-4-2-3-5-16(14)26-17)22-18(25)11-28-20-24-23-19(27-20)13-6-8-15(21)9-7-13/h2-10,12H,11H2,1H3,(H,22,25)/t12-/m1/s1. The molecular formula is C20H16ClN3O3S. The highest BCUT2D eigenvalue weighted by atomic mass is 35.5. The van der Waals surface area contributed by atoms with Gasteiger partial charge >= 0.3 is 0 Å². The number of hydrogen-bond acceptors (Lipinski definition) is 6. The lowest BCUT2D eigenvalue weighted by Gasteiger charge is -2.10. The average Bonchev–Trinajstić information content (AvgIpc) is 3.34. The summed E-state index contributed by atoms with van der Waals surface area (Å²) in [6, 6.07) is 16.5. The van der Waals surface area contributed by atoms with Crippen molar-refractivity contribution in [1.29, 1.82) is 0 Å². The molecule has 4 aromatic rings. The number of rotatable bonds is 6. The zero-order chi connectivity index (χ0) is 19.5. The zero-order valence-corrected chi connectivity index (χ0v) is 16.5. The smallest absolute Gasteiger partial charge is 0.277 e. The Kier molecular flexibility index (Phi) is 5.36. The van der Waals surface area contributed by atoms with Gasteiger partial charge in [-0.1, -0.05) is 41.6 Å². The molecule has 4 rings (SSSR count). The summed E-state index contributed by atoms with van der Waals surface area (Å²) >= 11 is 7.06. The van der Waals surface area contributed by atoms with Crippen LogP contribution >= 0.6 is 23.4 Å². The number of para-hydroxylation sites is 1. The highest BCUT2D eigenvalue weighted by Crippen LogP contribution is 2.25. The number of nitrogens with one attached hydrogen (secondary N) is 1. The summed E-state index contributed by atoms with van der Waals surface area (Å²) in [6.07, 6.45) is 0. The van der Waals surface area contributed by atoms with E-state index in [1.807, 2.05) is 37.3 Å². The van der Waals surface area contributed by atoms with Gasteiger partial charge in [0.25, 0.3) is 5.22 Å². The van der Waals surface area contributed by atoms with Gasteiger partial charge in [-0.05, 0) is 43.3 Å². The van der Waals surface area contributed by atoms with Crippen LogP contribution in [0.4, 0.5) is 0 Å². The number of nitrogens with zero attached hydrogens (tertiary/aromatic N) is 2. The molecule has 0 fully saturated rings. The third-order valence-corrected chi connectivity index (χ3v) is 5.14. The summed E-state index contributed by atoms with van der Waals surface area (Å²) in [7, 11) is 0. The molecule has 0 radical (unpaired) electrons. The van der Waals surface area contributed by atoms with Crippen LogP contribution in [0.25, 0.3) is 22.4 Å². The number of aromatic nitrogens is 2. The quantitative estimate of drug-likeness (QED) is 0.442. The Labute approximate surface area is 170 Å². The Hall–Kier alpha value is -2.77. The fraction of sp³-hybridized carbons (Fsp3) is 0.150. The molecule has 2 aromatic heterocycles. The van der Waals surface area contributed by atoms with Gasteiger partial charge in [0.2, 0.25) is 11.8 Å². The second-order valence-electron chi connectivity index (χ2n) is 6.14. The monoisotopic (exact) mass is 413 g/mol. The van der Waals surface area contributed by atoms with Crippen molar-refractivity contribution in [3.63, 3.8) is 0 Å². The summed E-state index contributed by atoms with van der Waals surface area (Å²) in [5, 5.41) is 12.9. The van der Waals surface area contributed by atoms with E-state index in [1.54, 1.807) is 24.3 Å². The molecule has 0 aliphatic rings. The highest BCUT2D eigenvalue weighted by molar-refractivity contribution is 7.99. The van der Waals surface area contributed by atoms with Crippen molar-refractivity contribution in [1.82, 2.24) is 15.5 Å². The number of furan rings is 1. The van der Waals surface area contributed by atoms with Crippen molar-refractivity contribution in [3.8, 4) is 11.5 Å². The SMILES string of the molecule is C[C@@H](NC(=O)CSc1nnc(-c2ccc(Cl)cc2)o1)c1cc2ccccc2o1. The van der Waals surface area contributed by atoms with E-state index in [4.69, 9.17) is 20.4 Å². The number of thioether (sulfide) groups is 1. The van der Waals surface area contributed by atoms with E-state index in [-0.39, 0.29) is 17.7 Å².